The van der Waals surface area contributed by atoms with Crippen LogP contribution in [-0.2, 0) is 10.9 Å². The highest BCUT2D eigenvalue weighted by molar-refractivity contribution is 5.35. The first-order chi connectivity index (χ1) is 13.7. The van der Waals surface area contributed by atoms with Gasteiger partial charge in [0, 0.05) is 0 Å². The van der Waals surface area contributed by atoms with Crippen LogP contribution in [0.15, 0.2) is 12.4 Å². The van der Waals surface area contributed by atoms with Gasteiger partial charge in [-0.05, 0) is 51.2 Å². The summed E-state index contributed by atoms with van der Waals surface area (Å²) in [7, 11) is 0. The Balaban J connectivity index is 1.60. The highest BCUT2D eigenvalue weighted by Gasteiger charge is 2.39. The molecule has 0 aromatic carbocycles. The third kappa shape index (κ3) is 6.00. The molecule has 10 heteroatoms. The molecule has 29 heavy (non-hydrogen) atoms. The lowest BCUT2D eigenvalue weighted by molar-refractivity contribution is -0.141. The predicted octanol–water partition coefficient (Wildman–Crippen LogP) is 1.91. The summed E-state index contributed by atoms with van der Waals surface area (Å²) < 4.78 is 44.3. The van der Waals surface area contributed by atoms with Crippen molar-refractivity contribution in [1.82, 2.24) is 14.9 Å². The molecule has 2 fully saturated rings. The summed E-state index contributed by atoms with van der Waals surface area (Å²) in [6, 6.07) is -0.780. The van der Waals surface area contributed by atoms with Gasteiger partial charge in [0.1, 0.15) is 18.0 Å². The van der Waals surface area contributed by atoms with Crippen LogP contribution in [0.25, 0.3) is 0 Å². The highest BCUT2D eigenvalue weighted by Crippen LogP contribution is 2.28. The van der Waals surface area contributed by atoms with Crippen molar-refractivity contribution in [2.75, 3.05) is 31.6 Å². The molecule has 0 bridgehead atoms. The van der Waals surface area contributed by atoms with E-state index in [1.807, 2.05) is 0 Å². The smallest absolute Gasteiger partial charge is 0.388 e. The second kappa shape index (κ2) is 9.55. The molecular weight excluding hydrogens is 389 g/mol. The van der Waals surface area contributed by atoms with Gasteiger partial charge in [-0.15, -0.1) is 0 Å². The standard InChI is InChI=1S/C19H29F3N4O3/c1-12-4-7-26(8-5-12)6-2-3-14-17(18(28)13(27)11-29-14)25-16-10-23-9-15(24-16)19(20,21)22/h9-10,12-14,17-18,27-28H,2-8,11H2,1H3,(H,24,25)/t13-,14?,17-,18-/m0/s1. The number of aromatic nitrogens is 2. The van der Waals surface area contributed by atoms with E-state index >= 15 is 0 Å². The Labute approximate surface area is 168 Å². The molecule has 3 rings (SSSR count). The SMILES string of the molecule is CC1CCN(CCCC2OC[C@H](O)[C@H](O)[C@H]2Nc2cncc(C(F)(F)F)n2)CC1. The number of aliphatic hydroxyl groups is 2. The predicted molar refractivity (Wildman–Crippen MR) is 100 cm³/mol. The summed E-state index contributed by atoms with van der Waals surface area (Å²) in [6.07, 6.45) is -1.75. The number of nitrogens with one attached hydrogen (secondary N) is 1. The zero-order chi connectivity index (χ0) is 21.0. The summed E-state index contributed by atoms with van der Waals surface area (Å²) in [6.45, 7) is 5.28. The molecule has 0 radical (unpaired) electrons. The molecule has 3 N–H and O–H groups in total. The number of aliphatic hydroxyl groups excluding tert-OH is 2. The fourth-order valence-electron chi connectivity index (χ4n) is 3.87. The number of rotatable bonds is 6. The van der Waals surface area contributed by atoms with Crippen molar-refractivity contribution >= 4 is 5.82 Å². The number of alkyl halides is 3. The van der Waals surface area contributed by atoms with Gasteiger partial charge in [-0.2, -0.15) is 13.2 Å². The van der Waals surface area contributed by atoms with Gasteiger partial charge >= 0.3 is 6.18 Å². The Bertz CT molecular complexity index is 656. The highest BCUT2D eigenvalue weighted by atomic mass is 19.4. The molecule has 0 saturated carbocycles. The average Bonchev–Trinajstić information content (AvgIpc) is 2.68. The van der Waals surface area contributed by atoms with Crippen LogP contribution in [0.2, 0.25) is 0 Å². The largest absolute Gasteiger partial charge is 0.434 e. The minimum Gasteiger partial charge on any atom is -0.388 e. The third-order valence-corrected chi connectivity index (χ3v) is 5.72. The number of hydrogen-bond donors (Lipinski definition) is 3. The van der Waals surface area contributed by atoms with E-state index in [2.05, 4.69) is 27.1 Å². The Hall–Kier alpha value is -1.49. The van der Waals surface area contributed by atoms with Crippen molar-refractivity contribution in [3.05, 3.63) is 18.1 Å². The van der Waals surface area contributed by atoms with Gasteiger partial charge in [-0.25, -0.2) is 4.98 Å². The molecule has 7 nitrogen and oxygen atoms in total. The van der Waals surface area contributed by atoms with E-state index in [0.29, 0.717) is 12.6 Å². The second-order valence-electron chi connectivity index (χ2n) is 8.05. The van der Waals surface area contributed by atoms with E-state index in [4.69, 9.17) is 4.74 Å². The topological polar surface area (TPSA) is 90.7 Å². The minimum absolute atomic E-state index is 0.0144. The molecule has 164 valence electrons. The molecule has 0 aliphatic carbocycles. The maximum absolute atomic E-state index is 12.9. The maximum atomic E-state index is 12.9. The van der Waals surface area contributed by atoms with Crippen molar-refractivity contribution < 1.29 is 28.1 Å². The first-order valence-electron chi connectivity index (χ1n) is 10.1. The molecule has 0 amide bonds. The molecular formula is C19H29F3N4O3. The number of hydrogen-bond acceptors (Lipinski definition) is 7. The lowest BCUT2D eigenvalue weighted by atomic mass is 9.93. The van der Waals surface area contributed by atoms with Crippen LogP contribution in [0.1, 0.15) is 38.3 Å². The fourth-order valence-corrected chi connectivity index (χ4v) is 3.87. The second-order valence-corrected chi connectivity index (χ2v) is 8.05. The quantitative estimate of drug-likeness (QED) is 0.650. The first-order valence-corrected chi connectivity index (χ1v) is 10.1. The van der Waals surface area contributed by atoms with Crippen LogP contribution in [0.3, 0.4) is 0 Å². The van der Waals surface area contributed by atoms with E-state index in [1.54, 1.807) is 0 Å². The van der Waals surface area contributed by atoms with Gasteiger partial charge in [0.15, 0.2) is 5.69 Å². The maximum Gasteiger partial charge on any atom is 0.434 e. The van der Waals surface area contributed by atoms with Gasteiger partial charge < -0.3 is 25.2 Å². The number of anilines is 1. The summed E-state index contributed by atoms with van der Waals surface area (Å²) in [4.78, 5) is 9.51. The number of likely N-dealkylation sites (tertiary alicyclic amines) is 1. The summed E-state index contributed by atoms with van der Waals surface area (Å²) in [5.41, 5.74) is -1.12. The lowest BCUT2D eigenvalue weighted by Gasteiger charge is -2.39. The van der Waals surface area contributed by atoms with Crippen LogP contribution >= 0.6 is 0 Å². The fraction of sp³-hybridized carbons (Fsp3) is 0.789. The average molecular weight is 418 g/mol. The Kier molecular flexibility index (Phi) is 7.31. The van der Waals surface area contributed by atoms with Crippen LogP contribution in [0.4, 0.5) is 19.0 Å². The number of ether oxygens (including phenoxy) is 1. The number of nitrogens with zero attached hydrogens (tertiary/aromatic N) is 3. The molecule has 0 spiro atoms. The van der Waals surface area contributed by atoms with E-state index in [0.717, 1.165) is 38.2 Å². The zero-order valence-corrected chi connectivity index (χ0v) is 16.5. The van der Waals surface area contributed by atoms with Gasteiger partial charge in [0.25, 0.3) is 0 Å². The summed E-state index contributed by atoms with van der Waals surface area (Å²) >= 11 is 0. The van der Waals surface area contributed by atoms with Gasteiger partial charge in [0.2, 0.25) is 0 Å². The van der Waals surface area contributed by atoms with E-state index < -0.39 is 36.2 Å². The van der Waals surface area contributed by atoms with Crippen molar-refractivity contribution in [3.8, 4) is 0 Å². The van der Waals surface area contributed by atoms with E-state index in [1.165, 1.54) is 12.8 Å². The van der Waals surface area contributed by atoms with Crippen molar-refractivity contribution in [1.29, 1.82) is 0 Å². The first kappa shape index (κ1) is 22.2. The van der Waals surface area contributed by atoms with E-state index in [-0.39, 0.29) is 12.4 Å². The molecule has 1 aromatic heterocycles. The Morgan fingerprint density at radius 3 is 2.66 bits per heavy atom. The van der Waals surface area contributed by atoms with Gasteiger partial charge in [-0.1, -0.05) is 6.92 Å². The Morgan fingerprint density at radius 1 is 1.24 bits per heavy atom. The van der Waals surface area contributed by atoms with Crippen LogP contribution < -0.4 is 5.32 Å². The van der Waals surface area contributed by atoms with Gasteiger partial charge in [0.05, 0.1) is 31.1 Å². The van der Waals surface area contributed by atoms with Gasteiger partial charge in [-0.3, -0.25) is 4.98 Å². The molecule has 4 atom stereocenters. The van der Waals surface area contributed by atoms with Crippen LogP contribution in [-0.4, -0.2) is 75.7 Å². The molecule has 2 aliphatic heterocycles. The lowest BCUT2D eigenvalue weighted by Crippen LogP contribution is -2.56. The number of halogens is 3. The van der Waals surface area contributed by atoms with Crippen molar-refractivity contribution in [2.45, 2.75) is 63.1 Å². The van der Waals surface area contributed by atoms with E-state index in [9.17, 15) is 23.4 Å². The number of piperidine rings is 1. The summed E-state index contributed by atoms with van der Waals surface area (Å²) in [5, 5.41) is 23.1. The van der Waals surface area contributed by atoms with Crippen molar-refractivity contribution in [3.63, 3.8) is 0 Å². The zero-order valence-electron chi connectivity index (χ0n) is 16.5. The minimum atomic E-state index is -4.61. The molecule has 2 saturated heterocycles. The monoisotopic (exact) mass is 418 g/mol. The third-order valence-electron chi connectivity index (χ3n) is 5.72. The normalized spacial score (nSPS) is 29.7. The summed E-state index contributed by atoms with van der Waals surface area (Å²) in [5.74, 6) is 0.642. The van der Waals surface area contributed by atoms with Crippen molar-refractivity contribution in [2.24, 2.45) is 5.92 Å². The molecule has 1 aromatic rings. The molecule has 3 heterocycles. The van der Waals surface area contributed by atoms with Crippen LogP contribution in [0.5, 0.6) is 0 Å². The molecule has 1 unspecified atom stereocenters. The Morgan fingerprint density at radius 2 is 1.97 bits per heavy atom. The van der Waals surface area contributed by atoms with Crippen LogP contribution in [0, 0.1) is 5.92 Å². The molecule has 2 aliphatic rings.